The predicted octanol–water partition coefficient (Wildman–Crippen LogP) is 2.57. The van der Waals surface area contributed by atoms with Gasteiger partial charge in [-0.15, -0.1) is 11.3 Å². The molecule has 3 heterocycles. The smallest absolute Gasteiger partial charge is 0.350 e. The Morgan fingerprint density at radius 3 is 2.88 bits per heavy atom. The van der Waals surface area contributed by atoms with Crippen molar-refractivity contribution in [1.29, 1.82) is 5.26 Å². The number of anilines is 2. The SMILES string of the molecule is CCOC(=O)c1sc2nc(N)c(C#N)c(-c3cccnc3)c2c1N. The summed E-state index contributed by atoms with van der Waals surface area (Å²) in [6, 6.07) is 5.60. The number of esters is 1. The fraction of sp³-hybridized carbons (Fsp3) is 0.125. The number of carbonyl (C=O) groups excluding carboxylic acids is 1. The van der Waals surface area contributed by atoms with Gasteiger partial charge in [-0.05, 0) is 13.0 Å². The van der Waals surface area contributed by atoms with Crippen LogP contribution in [0.3, 0.4) is 0 Å². The quantitative estimate of drug-likeness (QED) is 0.702. The van der Waals surface area contributed by atoms with E-state index in [9.17, 15) is 10.1 Å². The Balaban J connectivity index is 2.40. The molecule has 0 amide bonds. The van der Waals surface area contributed by atoms with Crippen LogP contribution in [0.2, 0.25) is 0 Å². The fourth-order valence-corrected chi connectivity index (χ4v) is 3.44. The van der Waals surface area contributed by atoms with Crippen molar-refractivity contribution >= 4 is 39.0 Å². The molecule has 24 heavy (non-hydrogen) atoms. The molecule has 0 unspecified atom stereocenters. The maximum atomic E-state index is 12.1. The van der Waals surface area contributed by atoms with Crippen LogP contribution in [0.25, 0.3) is 21.3 Å². The van der Waals surface area contributed by atoms with Gasteiger partial charge >= 0.3 is 5.97 Å². The minimum absolute atomic E-state index is 0.0838. The Morgan fingerprint density at radius 1 is 1.46 bits per heavy atom. The molecule has 0 saturated heterocycles. The van der Waals surface area contributed by atoms with Gasteiger partial charge in [0, 0.05) is 28.9 Å². The number of pyridine rings is 2. The second kappa shape index (κ2) is 6.14. The molecule has 8 heteroatoms. The van der Waals surface area contributed by atoms with Gasteiger partial charge in [-0.3, -0.25) is 4.98 Å². The number of nitrogen functional groups attached to an aromatic ring is 2. The first-order chi connectivity index (χ1) is 11.6. The van der Waals surface area contributed by atoms with E-state index in [4.69, 9.17) is 16.2 Å². The molecule has 0 fully saturated rings. The van der Waals surface area contributed by atoms with Gasteiger partial charge in [0.15, 0.2) is 0 Å². The number of fused-ring (bicyclic) bond motifs is 1. The highest BCUT2D eigenvalue weighted by Crippen LogP contribution is 2.42. The fourth-order valence-electron chi connectivity index (χ4n) is 2.43. The van der Waals surface area contributed by atoms with E-state index in [1.54, 1.807) is 31.5 Å². The molecule has 7 nitrogen and oxygen atoms in total. The molecule has 0 saturated carbocycles. The molecule has 0 aliphatic heterocycles. The summed E-state index contributed by atoms with van der Waals surface area (Å²) in [6.07, 6.45) is 3.23. The summed E-state index contributed by atoms with van der Waals surface area (Å²) < 4.78 is 5.03. The summed E-state index contributed by atoms with van der Waals surface area (Å²) in [5, 5.41) is 10.0. The van der Waals surface area contributed by atoms with Crippen molar-refractivity contribution < 1.29 is 9.53 Å². The summed E-state index contributed by atoms with van der Waals surface area (Å²) in [5.41, 5.74) is 13.7. The molecular weight excluding hydrogens is 326 g/mol. The molecule has 3 aromatic heterocycles. The topological polar surface area (TPSA) is 128 Å². The van der Waals surface area contributed by atoms with E-state index in [-0.39, 0.29) is 28.6 Å². The normalized spacial score (nSPS) is 10.5. The molecule has 0 bridgehead atoms. The monoisotopic (exact) mass is 339 g/mol. The summed E-state index contributed by atoms with van der Waals surface area (Å²) in [6.45, 7) is 1.95. The Morgan fingerprint density at radius 2 is 2.25 bits per heavy atom. The standard InChI is InChI=1S/C16H13N5O2S/c1-2-23-16(22)13-12(18)11-10(8-4-3-5-20-7-8)9(6-17)14(19)21-15(11)24-13/h3-5,7H,2,18H2,1H3,(H2,19,21). The Bertz CT molecular complexity index is 976. The molecular formula is C16H13N5O2S. The van der Waals surface area contributed by atoms with Crippen LogP contribution < -0.4 is 11.5 Å². The van der Waals surface area contributed by atoms with Gasteiger partial charge in [-0.1, -0.05) is 6.07 Å². The average Bonchev–Trinajstić information content (AvgIpc) is 2.91. The lowest BCUT2D eigenvalue weighted by Gasteiger charge is -2.09. The average molecular weight is 339 g/mol. The summed E-state index contributed by atoms with van der Waals surface area (Å²) in [4.78, 5) is 21.1. The van der Waals surface area contributed by atoms with Crippen molar-refractivity contribution in [3.63, 3.8) is 0 Å². The van der Waals surface area contributed by atoms with Crippen molar-refractivity contribution in [2.24, 2.45) is 0 Å². The third-order valence-corrected chi connectivity index (χ3v) is 4.51. The maximum absolute atomic E-state index is 12.1. The third-order valence-electron chi connectivity index (χ3n) is 3.43. The Kier molecular flexibility index (Phi) is 4.02. The number of hydrogen-bond donors (Lipinski definition) is 2. The number of thiophene rings is 1. The Hall–Kier alpha value is -3.18. The van der Waals surface area contributed by atoms with Gasteiger partial charge in [0.05, 0.1) is 12.3 Å². The van der Waals surface area contributed by atoms with Crippen LogP contribution in [0.5, 0.6) is 0 Å². The number of nitrogens with zero attached hydrogens (tertiary/aromatic N) is 3. The molecule has 0 spiro atoms. The molecule has 0 radical (unpaired) electrons. The van der Waals surface area contributed by atoms with Crippen LogP contribution in [0.15, 0.2) is 24.5 Å². The molecule has 0 atom stereocenters. The number of nitrogens with two attached hydrogens (primary N) is 2. The van der Waals surface area contributed by atoms with Crippen LogP contribution >= 0.6 is 11.3 Å². The van der Waals surface area contributed by atoms with Gasteiger partial charge in [-0.2, -0.15) is 5.26 Å². The van der Waals surface area contributed by atoms with Crippen molar-refractivity contribution in [1.82, 2.24) is 9.97 Å². The first-order valence-electron chi connectivity index (χ1n) is 7.07. The summed E-state index contributed by atoms with van der Waals surface area (Å²) in [5.74, 6) is -0.437. The van der Waals surface area contributed by atoms with Crippen LogP contribution in [0, 0.1) is 11.3 Å². The largest absolute Gasteiger partial charge is 0.462 e. The first-order valence-corrected chi connectivity index (χ1v) is 7.89. The van der Waals surface area contributed by atoms with Crippen LogP contribution in [-0.4, -0.2) is 22.5 Å². The zero-order valence-electron chi connectivity index (χ0n) is 12.7. The van der Waals surface area contributed by atoms with Gasteiger partial charge in [0.2, 0.25) is 0 Å². The summed E-state index contributed by atoms with van der Waals surface area (Å²) >= 11 is 1.09. The van der Waals surface area contributed by atoms with E-state index in [2.05, 4.69) is 16.0 Å². The lowest BCUT2D eigenvalue weighted by Crippen LogP contribution is -2.05. The molecule has 120 valence electrons. The number of aromatic nitrogens is 2. The number of rotatable bonds is 3. The number of carbonyl (C=O) groups is 1. The zero-order chi connectivity index (χ0) is 17.3. The second-order valence-corrected chi connectivity index (χ2v) is 5.85. The molecule has 0 aromatic carbocycles. The molecule has 3 aromatic rings. The van der Waals surface area contributed by atoms with Crippen molar-refractivity contribution in [3.05, 3.63) is 35.0 Å². The molecule has 4 N–H and O–H groups in total. The predicted molar refractivity (Wildman–Crippen MR) is 92.3 cm³/mol. The van der Waals surface area contributed by atoms with E-state index in [1.807, 2.05) is 0 Å². The molecule has 0 aliphatic rings. The van der Waals surface area contributed by atoms with Gasteiger partial charge < -0.3 is 16.2 Å². The number of hydrogen-bond acceptors (Lipinski definition) is 8. The third kappa shape index (κ3) is 2.41. The van der Waals surface area contributed by atoms with Crippen LogP contribution in [0.4, 0.5) is 11.5 Å². The van der Waals surface area contributed by atoms with Gasteiger partial charge in [0.25, 0.3) is 0 Å². The zero-order valence-corrected chi connectivity index (χ0v) is 13.6. The number of ether oxygens (including phenoxy) is 1. The highest BCUT2D eigenvalue weighted by atomic mass is 32.1. The van der Waals surface area contributed by atoms with Crippen molar-refractivity contribution in [3.8, 4) is 17.2 Å². The first kappa shape index (κ1) is 15.7. The van der Waals surface area contributed by atoms with Gasteiger partial charge in [-0.25, -0.2) is 9.78 Å². The van der Waals surface area contributed by atoms with Crippen molar-refractivity contribution in [2.75, 3.05) is 18.1 Å². The van der Waals surface area contributed by atoms with Crippen LogP contribution in [0.1, 0.15) is 22.2 Å². The molecule has 3 rings (SSSR count). The van der Waals surface area contributed by atoms with Crippen molar-refractivity contribution in [2.45, 2.75) is 6.92 Å². The van der Waals surface area contributed by atoms with E-state index in [0.29, 0.717) is 21.3 Å². The lowest BCUT2D eigenvalue weighted by molar-refractivity contribution is 0.0533. The summed E-state index contributed by atoms with van der Waals surface area (Å²) in [7, 11) is 0. The highest BCUT2D eigenvalue weighted by Gasteiger charge is 2.24. The lowest BCUT2D eigenvalue weighted by atomic mass is 9.98. The van der Waals surface area contributed by atoms with E-state index in [1.165, 1.54) is 0 Å². The van der Waals surface area contributed by atoms with E-state index in [0.717, 1.165) is 11.3 Å². The highest BCUT2D eigenvalue weighted by molar-refractivity contribution is 7.21. The van der Waals surface area contributed by atoms with Crippen LogP contribution in [-0.2, 0) is 4.74 Å². The maximum Gasteiger partial charge on any atom is 0.350 e. The van der Waals surface area contributed by atoms with Gasteiger partial charge in [0.1, 0.15) is 27.2 Å². The van der Waals surface area contributed by atoms with E-state index >= 15 is 0 Å². The minimum Gasteiger partial charge on any atom is -0.462 e. The molecule has 0 aliphatic carbocycles. The Labute approximate surface area is 141 Å². The minimum atomic E-state index is -0.521. The van der Waals surface area contributed by atoms with E-state index < -0.39 is 5.97 Å². The number of nitriles is 1. The second-order valence-electron chi connectivity index (χ2n) is 4.85.